The van der Waals surface area contributed by atoms with Gasteiger partial charge in [-0.15, -0.1) is 0 Å². The summed E-state index contributed by atoms with van der Waals surface area (Å²) in [4.78, 5) is 0. The van der Waals surface area contributed by atoms with Gasteiger partial charge in [-0.05, 0) is 30.4 Å². The number of ether oxygens (including phenoxy) is 1. The first-order chi connectivity index (χ1) is 10.3. The molecule has 0 saturated heterocycles. The van der Waals surface area contributed by atoms with E-state index in [1.54, 1.807) is 0 Å². The van der Waals surface area contributed by atoms with Crippen molar-refractivity contribution in [1.29, 1.82) is 0 Å². The van der Waals surface area contributed by atoms with Crippen molar-refractivity contribution in [3.05, 3.63) is 71.8 Å². The molecular weight excluding hydrogens is 260 g/mol. The average Bonchev–Trinajstić information content (AvgIpc) is 2.92. The van der Waals surface area contributed by atoms with Crippen LogP contribution in [0.5, 0.6) is 0 Å². The van der Waals surface area contributed by atoms with E-state index < -0.39 is 0 Å². The molecule has 3 rings (SSSR count). The molecule has 2 heteroatoms. The van der Waals surface area contributed by atoms with Gasteiger partial charge in [0.15, 0.2) is 0 Å². The van der Waals surface area contributed by atoms with E-state index in [1.807, 2.05) is 24.3 Å². The number of aliphatic hydroxyl groups is 1. The molecule has 21 heavy (non-hydrogen) atoms. The quantitative estimate of drug-likeness (QED) is 0.906. The van der Waals surface area contributed by atoms with Crippen molar-refractivity contribution in [2.45, 2.75) is 37.4 Å². The first kappa shape index (κ1) is 14.3. The Kier molecular flexibility index (Phi) is 4.37. The summed E-state index contributed by atoms with van der Waals surface area (Å²) in [5.74, 6) is 0. The molecule has 2 aromatic carbocycles. The highest BCUT2D eigenvalue weighted by atomic mass is 16.5. The molecule has 0 radical (unpaired) electrons. The number of hydrogen-bond acceptors (Lipinski definition) is 2. The largest absolute Gasteiger partial charge is 0.393 e. The smallest absolute Gasteiger partial charge is 0.0717 e. The summed E-state index contributed by atoms with van der Waals surface area (Å²) in [5, 5.41) is 9.99. The summed E-state index contributed by atoms with van der Waals surface area (Å²) in [6.07, 6.45) is 2.45. The van der Waals surface area contributed by atoms with Crippen LogP contribution in [0.25, 0.3) is 0 Å². The fourth-order valence-electron chi connectivity index (χ4n) is 3.30. The van der Waals surface area contributed by atoms with Gasteiger partial charge < -0.3 is 9.84 Å². The highest BCUT2D eigenvalue weighted by molar-refractivity contribution is 5.27. The van der Waals surface area contributed by atoms with E-state index in [2.05, 4.69) is 36.4 Å². The third-order valence-corrected chi connectivity index (χ3v) is 4.46. The maximum Gasteiger partial charge on any atom is 0.0717 e. The van der Waals surface area contributed by atoms with Crippen molar-refractivity contribution in [3.8, 4) is 0 Å². The standard InChI is InChI=1S/C19H22O2/c20-18-11-12-19(13-18,17-9-5-2-6-10-17)15-21-14-16-7-3-1-4-8-16/h1-10,18,20H,11-15H2. The summed E-state index contributed by atoms with van der Waals surface area (Å²) in [6, 6.07) is 20.7. The fraction of sp³-hybridized carbons (Fsp3) is 0.368. The van der Waals surface area contributed by atoms with Gasteiger partial charge in [-0.3, -0.25) is 0 Å². The maximum atomic E-state index is 9.99. The van der Waals surface area contributed by atoms with Gasteiger partial charge in [-0.2, -0.15) is 0 Å². The van der Waals surface area contributed by atoms with Crippen LogP contribution in [0.1, 0.15) is 30.4 Å². The zero-order valence-corrected chi connectivity index (χ0v) is 12.2. The van der Waals surface area contributed by atoms with E-state index in [1.165, 1.54) is 11.1 Å². The van der Waals surface area contributed by atoms with Gasteiger partial charge in [0.1, 0.15) is 0 Å². The Morgan fingerprint density at radius 2 is 1.67 bits per heavy atom. The molecular formula is C19H22O2. The van der Waals surface area contributed by atoms with Crippen molar-refractivity contribution < 1.29 is 9.84 Å². The van der Waals surface area contributed by atoms with Crippen LogP contribution in [0.4, 0.5) is 0 Å². The van der Waals surface area contributed by atoms with Gasteiger partial charge in [0.05, 0.1) is 19.3 Å². The highest BCUT2D eigenvalue weighted by Gasteiger charge is 2.40. The summed E-state index contributed by atoms with van der Waals surface area (Å²) in [7, 11) is 0. The monoisotopic (exact) mass is 282 g/mol. The lowest BCUT2D eigenvalue weighted by molar-refractivity contribution is 0.0647. The zero-order chi connectivity index (χ0) is 14.5. The van der Waals surface area contributed by atoms with Crippen LogP contribution in [-0.4, -0.2) is 17.8 Å². The second-order valence-corrected chi connectivity index (χ2v) is 6.02. The van der Waals surface area contributed by atoms with E-state index in [0.717, 1.165) is 19.3 Å². The molecule has 2 nitrogen and oxygen atoms in total. The summed E-state index contributed by atoms with van der Waals surface area (Å²) in [5.41, 5.74) is 2.45. The Morgan fingerprint density at radius 3 is 2.29 bits per heavy atom. The lowest BCUT2D eigenvalue weighted by atomic mass is 9.79. The number of rotatable bonds is 5. The molecule has 0 spiro atoms. The van der Waals surface area contributed by atoms with Gasteiger partial charge in [0.2, 0.25) is 0 Å². The lowest BCUT2D eigenvalue weighted by Crippen LogP contribution is -2.29. The first-order valence-electron chi connectivity index (χ1n) is 7.64. The Bertz CT molecular complexity index is 552. The first-order valence-corrected chi connectivity index (χ1v) is 7.64. The number of benzene rings is 2. The molecule has 2 unspecified atom stereocenters. The maximum absolute atomic E-state index is 9.99. The Morgan fingerprint density at radius 1 is 1.00 bits per heavy atom. The second-order valence-electron chi connectivity index (χ2n) is 6.02. The molecule has 2 atom stereocenters. The molecule has 1 fully saturated rings. The molecule has 1 aliphatic carbocycles. The van der Waals surface area contributed by atoms with E-state index in [9.17, 15) is 5.11 Å². The van der Waals surface area contributed by atoms with Gasteiger partial charge >= 0.3 is 0 Å². The fourth-order valence-corrected chi connectivity index (χ4v) is 3.30. The van der Waals surface area contributed by atoms with Crippen molar-refractivity contribution in [2.75, 3.05) is 6.61 Å². The molecule has 0 aromatic heterocycles. The van der Waals surface area contributed by atoms with Crippen molar-refractivity contribution >= 4 is 0 Å². The molecule has 2 aromatic rings. The van der Waals surface area contributed by atoms with Crippen LogP contribution in [0.15, 0.2) is 60.7 Å². The predicted molar refractivity (Wildman–Crippen MR) is 84.1 cm³/mol. The molecule has 0 heterocycles. The Balaban J connectivity index is 1.69. The Labute approximate surface area is 126 Å². The number of hydrogen-bond donors (Lipinski definition) is 1. The van der Waals surface area contributed by atoms with Gasteiger partial charge in [-0.25, -0.2) is 0 Å². The van der Waals surface area contributed by atoms with E-state index in [-0.39, 0.29) is 11.5 Å². The third kappa shape index (κ3) is 3.34. The average molecular weight is 282 g/mol. The molecule has 110 valence electrons. The van der Waals surface area contributed by atoms with Crippen LogP contribution < -0.4 is 0 Å². The van der Waals surface area contributed by atoms with Crippen molar-refractivity contribution in [3.63, 3.8) is 0 Å². The molecule has 1 saturated carbocycles. The molecule has 0 bridgehead atoms. The molecule has 1 N–H and O–H groups in total. The summed E-state index contributed by atoms with van der Waals surface area (Å²) < 4.78 is 6.00. The highest BCUT2D eigenvalue weighted by Crippen LogP contribution is 2.41. The topological polar surface area (TPSA) is 29.5 Å². The van der Waals surface area contributed by atoms with Crippen LogP contribution in [-0.2, 0) is 16.8 Å². The van der Waals surface area contributed by atoms with Crippen LogP contribution in [0.2, 0.25) is 0 Å². The zero-order valence-electron chi connectivity index (χ0n) is 12.2. The molecule has 0 aliphatic heterocycles. The molecule has 1 aliphatic rings. The van der Waals surface area contributed by atoms with Crippen molar-refractivity contribution in [2.24, 2.45) is 0 Å². The minimum Gasteiger partial charge on any atom is -0.393 e. The van der Waals surface area contributed by atoms with E-state index in [0.29, 0.717) is 13.2 Å². The molecule has 0 amide bonds. The lowest BCUT2D eigenvalue weighted by Gasteiger charge is -2.29. The summed E-state index contributed by atoms with van der Waals surface area (Å²) >= 11 is 0. The normalized spacial score (nSPS) is 25.1. The minimum atomic E-state index is -0.203. The Hall–Kier alpha value is -1.64. The summed E-state index contributed by atoms with van der Waals surface area (Å²) in [6.45, 7) is 1.30. The van der Waals surface area contributed by atoms with Crippen LogP contribution in [0, 0.1) is 0 Å². The van der Waals surface area contributed by atoms with Gasteiger partial charge in [0.25, 0.3) is 0 Å². The van der Waals surface area contributed by atoms with E-state index >= 15 is 0 Å². The third-order valence-electron chi connectivity index (χ3n) is 4.46. The second kappa shape index (κ2) is 6.42. The van der Waals surface area contributed by atoms with Crippen molar-refractivity contribution in [1.82, 2.24) is 0 Å². The van der Waals surface area contributed by atoms with E-state index in [4.69, 9.17) is 4.74 Å². The minimum absolute atomic E-state index is 0.0323. The SMILES string of the molecule is OC1CCC(COCc2ccccc2)(c2ccccc2)C1. The van der Waals surface area contributed by atoms with Crippen LogP contribution in [0.3, 0.4) is 0 Å². The van der Waals surface area contributed by atoms with Gasteiger partial charge in [-0.1, -0.05) is 60.7 Å². The predicted octanol–water partition coefficient (Wildman–Crippen LogP) is 3.69. The van der Waals surface area contributed by atoms with Gasteiger partial charge in [0, 0.05) is 5.41 Å². The van der Waals surface area contributed by atoms with Crippen LogP contribution >= 0.6 is 0 Å². The number of aliphatic hydroxyl groups excluding tert-OH is 1.